The first kappa shape index (κ1) is 19.2. The highest BCUT2D eigenvalue weighted by atomic mass is 16.5. The number of para-hydroxylation sites is 1. The van der Waals surface area contributed by atoms with E-state index in [0.717, 1.165) is 25.0 Å². The van der Waals surface area contributed by atoms with Gasteiger partial charge in [-0.05, 0) is 31.4 Å². The van der Waals surface area contributed by atoms with E-state index in [1.807, 2.05) is 35.2 Å². The minimum Gasteiger partial charge on any atom is -0.493 e. The van der Waals surface area contributed by atoms with E-state index < -0.39 is 0 Å². The number of piperidine rings is 1. The van der Waals surface area contributed by atoms with Gasteiger partial charge in [-0.3, -0.25) is 9.59 Å². The minimum atomic E-state index is 0.00663. The maximum absolute atomic E-state index is 12.2. The first-order valence-electron chi connectivity index (χ1n) is 8.93. The maximum Gasteiger partial charge on any atom is 0.225 e. The lowest BCUT2D eigenvalue weighted by molar-refractivity contribution is -0.136. The molecule has 2 rings (SSSR count). The van der Waals surface area contributed by atoms with Crippen molar-refractivity contribution in [1.29, 1.82) is 0 Å². The number of ether oxygens (including phenoxy) is 2. The molecule has 1 aliphatic rings. The molecule has 0 unspecified atom stereocenters. The van der Waals surface area contributed by atoms with Gasteiger partial charge in [0, 0.05) is 39.3 Å². The van der Waals surface area contributed by atoms with Crippen molar-refractivity contribution in [2.75, 3.05) is 40.0 Å². The van der Waals surface area contributed by atoms with E-state index in [4.69, 9.17) is 9.47 Å². The van der Waals surface area contributed by atoms with Crippen LogP contribution in [-0.4, -0.2) is 56.7 Å². The van der Waals surface area contributed by atoms with Crippen LogP contribution in [0, 0.1) is 5.92 Å². The largest absolute Gasteiger partial charge is 0.493 e. The molecule has 2 amide bonds. The Bertz CT molecular complexity index is 527. The summed E-state index contributed by atoms with van der Waals surface area (Å²) in [5, 5.41) is 2.94. The summed E-state index contributed by atoms with van der Waals surface area (Å²) in [6.45, 7) is 2.95. The molecule has 138 valence electrons. The molecule has 25 heavy (non-hydrogen) atoms. The molecule has 0 radical (unpaired) electrons. The van der Waals surface area contributed by atoms with Crippen LogP contribution >= 0.6 is 0 Å². The summed E-state index contributed by atoms with van der Waals surface area (Å²) in [6, 6.07) is 9.49. The van der Waals surface area contributed by atoms with Gasteiger partial charge >= 0.3 is 0 Å². The Morgan fingerprint density at radius 2 is 1.88 bits per heavy atom. The topological polar surface area (TPSA) is 67.9 Å². The summed E-state index contributed by atoms with van der Waals surface area (Å²) in [4.78, 5) is 26.2. The molecule has 1 heterocycles. The third-order valence-corrected chi connectivity index (χ3v) is 4.37. The Kier molecular flexibility index (Phi) is 8.25. The van der Waals surface area contributed by atoms with Crippen molar-refractivity contribution < 1.29 is 19.1 Å². The van der Waals surface area contributed by atoms with Crippen molar-refractivity contribution in [2.45, 2.75) is 25.7 Å². The Balaban J connectivity index is 1.62. The zero-order chi connectivity index (χ0) is 17.9. The lowest BCUT2D eigenvalue weighted by Crippen LogP contribution is -2.43. The minimum absolute atomic E-state index is 0.00663. The second-order valence-corrected chi connectivity index (χ2v) is 6.20. The van der Waals surface area contributed by atoms with Crippen LogP contribution in [-0.2, 0) is 14.3 Å². The summed E-state index contributed by atoms with van der Waals surface area (Å²) in [5.74, 6) is 0.969. The van der Waals surface area contributed by atoms with E-state index in [0.29, 0.717) is 39.3 Å². The zero-order valence-corrected chi connectivity index (χ0v) is 14.9. The fourth-order valence-corrected chi connectivity index (χ4v) is 2.89. The average molecular weight is 348 g/mol. The predicted octanol–water partition coefficient (Wildman–Crippen LogP) is 1.85. The van der Waals surface area contributed by atoms with Crippen molar-refractivity contribution >= 4 is 11.8 Å². The molecule has 1 fully saturated rings. The lowest BCUT2D eigenvalue weighted by atomic mass is 9.95. The van der Waals surface area contributed by atoms with Crippen LogP contribution in [0.5, 0.6) is 5.75 Å². The van der Waals surface area contributed by atoms with Crippen LogP contribution in [0.2, 0.25) is 0 Å². The summed E-state index contributed by atoms with van der Waals surface area (Å²) in [5.41, 5.74) is 0. The monoisotopic (exact) mass is 348 g/mol. The van der Waals surface area contributed by atoms with Gasteiger partial charge in [0.1, 0.15) is 5.75 Å². The molecule has 0 bridgehead atoms. The molecule has 1 aliphatic heterocycles. The highest BCUT2D eigenvalue weighted by molar-refractivity contribution is 5.80. The lowest BCUT2D eigenvalue weighted by Gasteiger charge is -2.31. The van der Waals surface area contributed by atoms with Gasteiger partial charge in [-0.1, -0.05) is 18.2 Å². The van der Waals surface area contributed by atoms with Crippen LogP contribution in [0.3, 0.4) is 0 Å². The summed E-state index contributed by atoms with van der Waals surface area (Å²) >= 11 is 0. The number of carbonyl (C=O) groups excluding carboxylic acids is 2. The molecule has 0 saturated carbocycles. The number of likely N-dealkylation sites (tertiary alicyclic amines) is 1. The van der Waals surface area contributed by atoms with Gasteiger partial charge in [0.2, 0.25) is 11.8 Å². The molecule has 0 spiro atoms. The molecule has 1 N–H and O–H groups in total. The van der Waals surface area contributed by atoms with E-state index in [9.17, 15) is 9.59 Å². The van der Waals surface area contributed by atoms with Gasteiger partial charge in [0.05, 0.1) is 13.0 Å². The maximum atomic E-state index is 12.2. The smallest absolute Gasteiger partial charge is 0.225 e. The molecule has 1 saturated heterocycles. The fourth-order valence-electron chi connectivity index (χ4n) is 2.89. The second kappa shape index (κ2) is 10.7. The van der Waals surface area contributed by atoms with E-state index in [2.05, 4.69) is 5.32 Å². The van der Waals surface area contributed by atoms with Gasteiger partial charge in [0.15, 0.2) is 0 Å². The first-order chi connectivity index (χ1) is 12.2. The highest BCUT2D eigenvalue weighted by Gasteiger charge is 2.26. The third-order valence-electron chi connectivity index (χ3n) is 4.37. The van der Waals surface area contributed by atoms with Crippen LogP contribution in [0.25, 0.3) is 0 Å². The Labute approximate surface area is 149 Å². The molecule has 6 heteroatoms. The molecule has 0 atom stereocenters. The van der Waals surface area contributed by atoms with Crippen LogP contribution in [0.4, 0.5) is 0 Å². The van der Waals surface area contributed by atoms with Crippen LogP contribution in [0.15, 0.2) is 30.3 Å². The zero-order valence-electron chi connectivity index (χ0n) is 14.9. The SMILES string of the molecule is COCCCNC(=O)C1CCN(C(=O)CCOc2ccccc2)CC1. The van der Waals surface area contributed by atoms with Gasteiger partial charge in [-0.25, -0.2) is 0 Å². The quantitative estimate of drug-likeness (QED) is 0.692. The average Bonchev–Trinajstić information content (AvgIpc) is 2.66. The Hall–Kier alpha value is -2.08. The number of nitrogens with one attached hydrogen (secondary N) is 1. The summed E-state index contributed by atoms with van der Waals surface area (Å²) in [6.07, 6.45) is 2.63. The van der Waals surface area contributed by atoms with Gasteiger partial charge in [0.25, 0.3) is 0 Å². The third kappa shape index (κ3) is 6.74. The number of benzene rings is 1. The summed E-state index contributed by atoms with van der Waals surface area (Å²) < 4.78 is 10.5. The number of methoxy groups -OCH3 is 1. The van der Waals surface area contributed by atoms with Crippen molar-refractivity contribution in [1.82, 2.24) is 10.2 Å². The number of carbonyl (C=O) groups is 2. The van der Waals surface area contributed by atoms with Crippen molar-refractivity contribution in [2.24, 2.45) is 5.92 Å². The van der Waals surface area contributed by atoms with Gasteiger partial charge in [-0.2, -0.15) is 0 Å². The van der Waals surface area contributed by atoms with Crippen molar-refractivity contribution in [3.63, 3.8) is 0 Å². The molecular weight excluding hydrogens is 320 g/mol. The van der Waals surface area contributed by atoms with E-state index >= 15 is 0 Å². The number of nitrogens with zero attached hydrogens (tertiary/aromatic N) is 1. The standard InChI is InChI=1S/C19H28N2O4/c1-24-14-5-11-20-19(23)16-8-12-21(13-9-16)18(22)10-15-25-17-6-3-2-4-7-17/h2-4,6-7,16H,5,8-15H2,1H3,(H,20,23). The molecule has 1 aromatic carbocycles. The van der Waals surface area contributed by atoms with Gasteiger partial charge in [-0.15, -0.1) is 0 Å². The fraction of sp³-hybridized carbons (Fsp3) is 0.579. The molecule has 0 aliphatic carbocycles. The number of amides is 2. The van der Waals surface area contributed by atoms with Crippen molar-refractivity contribution in [3.8, 4) is 5.75 Å². The predicted molar refractivity (Wildman–Crippen MR) is 95.4 cm³/mol. The van der Waals surface area contributed by atoms with E-state index in [1.165, 1.54) is 0 Å². The van der Waals surface area contributed by atoms with Crippen molar-refractivity contribution in [3.05, 3.63) is 30.3 Å². The Morgan fingerprint density at radius 1 is 1.16 bits per heavy atom. The highest BCUT2D eigenvalue weighted by Crippen LogP contribution is 2.18. The summed E-state index contributed by atoms with van der Waals surface area (Å²) in [7, 11) is 1.65. The van der Waals surface area contributed by atoms with E-state index in [1.54, 1.807) is 7.11 Å². The molecule has 1 aromatic rings. The first-order valence-corrected chi connectivity index (χ1v) is 8.93. The Morgan fingerprint density at radius 3 is 2.56 bits per heavy atom. The number of rotatable bonds is 9. The normalized spacial score (nSPS) is 15.0. The molecular formula is C19H28N2O4. The van der Waals surface area contributed by atoms with Crippen LogP contribution in [0.1, 0.15) is 25.7 Å². The van der Waals surface area contributed by atoms with Crippen LogP contribution < -0.4 is 10.1 Å². The molecule has 0 aromatic heterocycles. The molecule has 6 nitrogen and oxygen atoms in total. The van der Waals surface area contributed by atoms with Gasteiger partial charge < -0.3 is 19.7 Å². The second-order valence-electron chi connectivity index (χ2n) is 6.20. The van der Waals surface area contributed by atoms with E-state index in [-0.39, 0.29) is 17.7 Å². The number of hydrogen-bond acceptors (Lipinski definition) is 4. The number of hydrogen-bond donors (Lipinski definition) is 1.